The average Bonchev–Trinajstić information content (AvgIpc) is 3.43. The number of primary amides is 1. The highest BCUT2D eigenvalue weighted by Gasteiger charge is 2.30. The SMILES string of the molecule is NC(=O)N(CCCCN1CCN(C2Cc3ccccc3O2)CC1)c1cc2ccccc2o1. The number of urea groups is 1. The molecule has 168 valence electrons. The Morgan fingerprint density at radius 3 is 2.59 bits per heavy atom. The fourth-order valence-electron chi connectivity index (χ4n) is 4.68. The van der Waals surface area contributed by atoms with Crippen molar-refractivity contribution in [1.29, 1.82) is 0 Å². The molecule has 0 bridgehead atoms. The first-order valence-corrected chi connectivity index (χ1v) is 11.4. The number of furan rings is 1. The van der Waals surface area contributed by atoms with E-state index >= 15 is 0 Å². The Morgan fingerprint density at radius 2 is 1.81 bits per heavy atom. The minimum Gasteiger partial charge on any atom is -0.474 e. The van der Waals surface area contributed by atoms with Gasteiger partial charge in [-0.1, -0.05) is 36.4 Å². The van der Waals surface area contributed by atoms with Crippen LogP contribution < -0.4 is 15.4 Å². The molecule has 2 N–H and O–H groups in total. The molecule has 2 amide bonds. The molecule has 1 fully saturated rings. The number of hydrogen-bond donors (Lipinski definition) is 1. The molecular formula is C25H30N4O3. The lowest BCUT2D eigenvalue weighted by Gasteiger charge is -2.37. The normalized spacial score (nSPS) is 19.1. The Balaban J connectivity index is 1.06. The average molecular weight is 435 g/mol. The number of hydrogen-bond acceptors (Lipinski definition) is 5. The zero-order valence-corrected chi connectivity index (χ0v) is 18.3. The van der Waals surface area contributed by atoms with Gasteiger partial charge in [-0.2, -0.15) is 0 Å². The van der Waals surface area contributed by atoms with Crippen LogP contribution in [-0.4, -0.2) is 61.3 Å². The molecule has 3 heterocycles. The molecule has 1 saturated heterocycles. The van der Waals surface area contributed by atoms with E-state index in [2.05, 4.69) is 28.0 Å². The number of ether oxygens (including phenoxy) is 1. The minimum absolute atomic E-state index is 0.169. The fourth-order valence-corrected chi connectivity index (χ4v) is 4.68. The van der Waals surface area contributed by atoms with E-state index in [9.17, 15) is 4.79 Å². The Hall–Kier alpha value is -3.03. The molecule has 7 nitrogen and oxygen atoms in total. The van der Waals surface area contributed by atoms with Gasteiger partial charge in [0, 0.05) is 50.6 Å². The van der Waals surface area contributed by atoms with Crippen LogP contribution in [0.25, 0.3) is 11.0 Å². The molecule has 3 aromatic rings. The lowest BCUT2D eigenvalue weighted by molar-refractivity contribution is 0.00531. The second-order valence-electron chi connectivity index (χ2n) is 8.58. The van der Waals surface area contributed by atoms with Crippen molar-refractivity contribution < 1.29 is 13.9 Å². The van der Waals surface area contributed by atoms with Gasteiger partial charge in [0.1, 0.15) is 11.3 Å². The van der Waals surface area contributed by atoms with Gasteiger partial charge in [0.05, 0.1) is 0 Å². The van der Waals surface area contributed by atoms with E-state index < -0.39 is 6.03 Å². The largest absolute Gasteiger partial charge is 0.474 e. The number of para-hydroxylation sites is 2. The number of nitrogens with zero attached hydrogens (tertiary/aromatic N) is 3. The predicted octanol–water partition coefficient (Wildman–Crippen LogP) is 3.68. The van der Waals surface area contributed by atoms with Crippen LogP contribution in [0.3, 0.4) is 0 Å². The smallest absolute Gasteiger partial charge is 0.321 e. The summed E-state index contributed by atoms with van der Waals surface area (Å²) >= 11 is 0. The maximum absolute atomic E-state index is 12.0. The minimum atomic E-state index is -0.477. The third kappa shape index (κ3) is 4.45. The van der Waals surface area contributed by atoms with Gasteiger partial charge < -0.3 is 19.8 Å². The van der Waals surface area contributed by atoms with Crippen molar-refractivity contribution in [3.8, 4) is 5.75 Å². The molecule has 2 aromatic carbocycles. The third-order valence-corrected chi connectivity index (χ3v) is 6.49. The zero-order chi connectivity index (χ0) is 21.9. The molecule has 1 aromatic heterocycles. The number of carbonyl (C=O) groups excluding carboxylic acids is 1. The highest BCUT2D eigenvalue weighted by molar-refractivity contribution is 5.92. The standard InChI is InChI=1S/C25H30N4O3/c26-25(30)29(24-18-20-8-2-4-10-22(20)32-24)12-6-5-11-27-13-15-28(16-14-27)23-17-19-7-1-3-9-21(19)31-23/h1-4,7-10,18,23H,5-6,11-17H2,(H2,26,30). The second kappa shape index (κ2) is 9.22. The van der Waals surface area contributed by atoms with Gasteiger partial charge in [-0.25, -0.2) is 4.79 Å². The van der Waals surface area contributed by atoms with Crippen molar-refractivity contribution in [2.75, 3.05) is 44.2 Å². The summed E-state index contributed by atoms with van der Waals surface area (Å²) in [5.41, 5.74) is 7.69. The molecule has 1 atom stereocenters. The van der Waals surface area contributed by atoms with Gasteiger partial charge in [0.2, 0.25) is 5.88 Å². The summed E-state index contributed by atoms with van der Waals surface area (Å²) in [6.45, 7) is 5.70. The number of anilines is 1. The van der Waals surface area contributed by atoms with E-state index in [0.717, 1.165) is 68.7 Å². The van der Waals surface area contributed by atoms with Crippen molar-refractivity contribution in [1.82, 2.24) is 9.80 Å². The molecule has 1 unspecified atom stereocenters. The summed E-state index contributed by atoms with van der Waals surface area (Å²) in [6.07, 6.45) is 3.03. The lowest BCUT2D eigenvalue weighted by atomic mass is 10.1. The molecule has 32 heavy (non-hydrogen) atoms. The van der Waals surface area contributed by atoms with E-state index in [1.807, 2.05) is 36.4 Å². The maximum Gasteiger partial charge on any atom is 0.321 e. The van der Waals surface area contributed by atoms with E-state index in [1.54, 1.807) is 0 Å². The first-order valence-electron chi connectivity index (χ1n) is 11.4. The van der Waals surface area contributed by atoms with Crippen molar-refractivity contribution in [3.05, 3.63) is 60.2 Å². The fraction of sp³-hybridized carbons (Fsp3) is 0.400. The van der Waals surface area contributed by atoms with E-state index in [4.69, 9.17) is 14.9 Å². The molecule has 0 aliphatic carbocycles. The van der Waals surface area contributed by atoms with Crippen molar-refractivity contribution in [2.45, 2.75) is 25.5 Å². The number of rotatable bonds is 7. The van der Waals surface area contributed by atoms with Crippen LogP contribution in [0.1, 0.15) is 18.4 Å². The van der Waals surface area contributed by atoms with Gasteiger partial charge >= 0.3 is 6.03 Å². The highest BCUT2D eigenvalue weighted by atomic mass is 16.5. The maximum atomic E-state index is 12.0. The molecule has 0 spiro atoms. The van der Waals surface area contributed by atoms with E-state index in [0.29, 0.717) is 12.4 Å². The van der Waals surface area contributed by atoms with Gasteiger partial charge in [-0.15, -0.1) is 0 Å². The Morgan fingerprint density at radius 1 is 1.03 bits per heavy atom. The summed E-state index contributed by atoms with van der Waals surface area (Å²) in [6, 6.07) is 17.5. The number of piperazine rings is 1. The van der Waals surface area contributed by atoms with Crippen molar-refractivity contribution in [3.63, 3.8) is 0 Å². The lowest BCUT2D eigenvalue weighted by Crippen LogP contribution is -2.51. The van der Waals surface area contributed by atoms with Gasteiger partial charge in [-0.3, -0.25) is 9.80 Å². The number of fused-ring (bicyclic) bond motifs is 2. The van der Waals surface area contributed by atoms with E-state index in [-0.39, 0.29) is 6.23 Å². The molecule has 0 radical (unpaired) electrons. The number of unbranched alkanes of at least 4 members (excludes halogenated alkanes) is 1. The van der Waals surface area contributed by atoms with Crippen molar-refractivity contribution >= 4 is 22.9 Å². The Labute approximate surface area is 188 Å². The van der Waals surface area contributed by atoms with E-state index in [1.165, 1.54) is 10.5 Å². The number of carbonyl (C=O) groups is 1. The summed E-state index contributed by atoms with van der Waals surface area (Å²) in [7, 11) is 0. The Kier molecular flexibility index (Phi) is 6.01. The molecule has 2 aliphatic rings. The topological polar surface area (TPSA) is 75.2 Å². The number of amides is 2. The molecule has 2 aliphatic heterocycles. The first kappa shape index (κ1) is 20.8. The second-order valence-corrected chi connectivity index (χ2v) is 8.58. The van der Waals surface area contributed by atoms with Crippen LogP contribution >= 0.6 is 0 Å². The van der Waals surface area contributed by atoms with Crippen LogP contribution in [0, 0.1) is 0 Å². The summed E-state index contributed by atoms with van der Waals surface area (Å²) in [5.74, 6) is 1.55. The Bertz CT molecular complexity index is 1020. The quantitative estimate of drug-likeness (QED) is 0.574. The van der Waals surface area contributed by atoms with Gasteiger partial charge in [0.25, 0.3) is 0 Å². The summed E-state index contributed by atoms with van der Waals surface area (Å²) in [5, 5.41) is 0.973. The van der Waals surface area contributed by atoms with Gasteiger partial charge in [0.15, 0.2) is 6.23 Å². The highest BCUT2D eigenvalue weighted by Crippen LogP contribution is 2.30. The molecule has 7 heteroatoms. The third-order valence-electron chi connectivity index (χ3n) is 6.49. The first-order chi connectivity index (χ1) is 15.7. The predicted molar refractivity (Wildman–Crippen MR) is 125 cm³/mol. The monoisotopic (exact) mass is 434 g/mol. The molecule has 0 saturated carbocycles. The van der Waals surface area contributed by atoms with Crippen molar-refractivity contribution in [2.24, 2.45) is 5.73 Å². The van der Waals surface area contributed by atoms with Crippen LogP contribution in [0.5, 0.6) is 5.75 Å². The summed E-state index contributed by atoms with van der Waals surface area (Å²) < 4.78 is 12.0. The number of benzene rings is 2. The number of nitrogens with two attached hydrogens (primary N) is 1. The zero-order valence-electron chi connectivity index (χ0n) is 18.3. The molecular weight excluding hydrogens is 404 g/mol. The molecule has 5 rings (SSSR count). The van der Waals surface area contributed by atoms with Crippen LogP contribution in [0.2, 0.25) is 0 Å². The van der Waals surface area contributed by atoms with Crippen LogP contribution in [0.15, 0.2) is 59.0 Å². The van der Waals surface area contributed by atoms with Crippen LogP contribution in [0.4, 0.5) is 10.7 Å². The van der Waals surface area contributed by atoms with Crippen LogP contribution in [-0.2, 0) is 6.42 Å². The van der Waals surface area contributed by atoms with Gasteiger partial charge in [-0.05, 0) is 37.1 Å². The summed E-state index contributed by atoms with van der Waals surface area (Å²) in [4.78, 5) is 18.5.